The number of piperidine rings is 1. The van der Waals surface area contributed by atoms with Gasteiger partial charge in [-0.25, -0.2) is 0 Å². The van der Waals surface area contributed by atoms with Crippen LogP contribution in [0.4, 0.5) is 0 Å². The molecule has 7 heteroatoms. The Morgan fingerprint density at radius 2 is 1.96 bits per heavy atom. The fourth-order valence-corrected chi connectivity index (χ4v) is 3.76. The lowest BCUT2D eigenvalue weighted by Gasteiger charge is -2.30. The number of H-pyrrole nitrogens is 1. The molecule has 6 nitrogen and oxygen atoms in total. The second-order valence-corrected chi connectivity index (χ2v) is 8.27. The van der Waals surface area contributed by atoms with Crippen molar-refractivity contribution in [3.8, 4) is 11.4 Å². The lowest BCUT2D eigenvalue weighted by atomic mass is 9.99. The van der Waals surface area contributed by atoms with Gasteiger partial charge in [-0.15, -0.1) is 0 Å². The maximum atomic E-state index is 12.4. The van der Waals surface area contributed by atoms with Crippen LogP contribution >= 0.6 is 12.2 Å². The van der Waals surface area contributed by atoms with E-state index in [4.69, 9.17) is 12.2 Å². The maximum Gasteiger partial charge on any atom is 0.240 e. The molecule has 0 spiro atoms. The number of carbonyl (C=O) groups is 1. The predicted octanol–water partition coefficient (Wildman–Crippen LogP) is 3.54. The molecule has 3 rings (SSSR count). The molecule has 1 aromatic carbocycles. The van der Waals surface area contributed by atoms with Crippen LogP contribution in [0.1, 0.15) is 38.2 Å². The number of likely N-dealkylation sites (tertiary alicyclic amines) is 1. The Kier molecular flexibility index (Phi) is 7.39. The van der Waals surface area contributed by atoms with E-state index in [0.717, 1.165) is 30.9 Å². The Hall–Kier alpha value is -1.99. The van der Waals surface area contributed by atoms with Crippen molar-refractivity contribution in [2.75, 3.05) is 26.2 Å². The molecule has 2 N–H and O–H groups in total. The molecule has 1 aliphatic heterocycles. The summed E-state index contributed by atoms with van der Waals surface area (Å²) in [6.07, 6.45) is 4.74. The second-order valence-electron chi connectivity index (χ2n) is 7.89. The molecular weight excluding hydrogens is 370 g/mol. The molecular formula is C21H31N5OS. The second kappa shape index (κ2) is 9.98. The predicted molar refractivity (Wildman–Crippen MR) is 115 cm³/mol. The molecule has 0 unspecified atom stereocenters. The highest BCUT2D eigenvalue weighted by atomic mass is 32.1. The average molecular weight is 402 g/mol. The monoisotopic (exact) mass is 401 g/mol. The van der Waals surface area contributed by atoms with Gasteiger partial charge in [0.25, 0.3) is 0 Å². The number of aryl methyl sites for hydroxylation is 1. The van der Waals surface area contributed by atoms with Crippen molar-refractivity contribution in [3.63, 3.8) is 0 Å². The number of benzene rings is 1. The molecule has 1 fully saturated rings. The van der Waals surface area contributed by atoms with Crippen molar-refractivity contribution >= 4 is 18.1 Å². The van der Waals surface area contributed by atoms with Gasteiger partial charge in [0.1, 0.15) is 6.54 Å². The number of amides is 1. The quantitative estimate of drug-likeness (QED) is 0.524. The summed E-state index contributed by atoms with van der Waals surface area (Å²) in [6, 6.07) is 8.05. The molecule has 0 bridgehead atoms. The zero-order valence-electron chi connectivity index (χ0n) is 16.9. The van der Waals surface area contributed by atoms with Crippen LogP contribution in [0.25, 0.3) is 11.4 Å². The number of nitrogens with zero attached hydrogens (tertiary/aromatic N) is 3. The fourth-order valence-electron chi connectivity index (χ4n) is 3.56. The van der Waals surface area contributed by atoms with Crippen LogP contribution in [-0.2, 0) is 11.3 Å². The molecule has 1 amide bonds. The summed E-state index contributed by atoms with van der Waals surface area (Å²) < 4.78 is 2.22. The molecule has 28 heavy (non-hydrogen) atoms. The van der Waals surface area contributed by atoms with Gasteiger partial charge in [0.15, 0.2) is 10.6 Å². The number of rotatable bonds is 8. The number of nitrogens with one attached hydrogen (secondary N) is 2. The Morgan fingerprint density at radius 3 is 2.68 bits per heavy atom. The summed E-state index contributed by atoms with van der Waals surface area (Å²) in [6.45, 7) is 8.83. The Balaban J connectivity index is 1.43. The van der Waals surface area contributed by atoms with Gasteiger partial charge < -0.3 is 10.2 Å². The van der Waals surface area contributed by atoms with Crippen LogP contribution in [-0.4, -0.2) is 51.8 Å². The number of hydrogen-bond acceptors (Lipinski definition) is 4. The van der Waals surface area contributed by atoms with Gasteiger partial charge in [-0.05, 0) is 70.4 Å². The number of aromatic amines is 1. The number of aromatic nitrogens is 3. The molecule has 1 saturated heterocycles. The summed E-state index contributed by atoms with van der Waals surface area (Å²) in [5.74, 6) is 1.53. The van der Waals surface area contributed by atoms with E-state index in [-0.39, 0.29) is 12.5 Å². The molecule has 0 radical (unpaired) electrons. The highest BCUT2D eigenvalue weighted by Gasteiger charge is 2.15. The minimum atomic E-state index is -0.0299. The summed E-state index contributed by atoms with van der Waals surface area (Å²) in [7, 11) is 0. The zero-order chi connectivity index (χ0) is 19.9. The van der Waals surface area contributed by atoms with Gasteiger partial charge in [-0.3, -0.25) is 14.5 Å². The van der Waals surface area contributed by atoms with Gasteiger partial charge in [-0.2, -0.15) is 5.10 Å². The van der Waals surface area contributed by atoms with Crippen molar-refractivity contribution in [3.05, 3.63) is 34.6 Å². The third kappa shape index (κ3) is 5.75. The van der Waals surface area contributed by atoms with Crippen LogP contribution in [0.2, 0.25) is 0 Å². The van der Waals surface area contributed by atoms with E-state index in [0.29, 0.717) is 17.1 Å². The zero-order valence-corrected chi connectivity index (χ0v) is 17.7. The van der Waals surface area contributed by atoms with Crippen LogP contribution < -0.4 is 5.32 Å². The van der Waals surface area contributed by atoms with E-state index in [1.807, 2.05) is 31.2 Å². The summed E-state index contributed by atoms with van der Waals surface area (Å²) in [5.41, 5.74) is 2.13. The van der Waals surface area contributed by atoms with Crippen LogP contribution in [0.3, 0.4) is 0 Å². The largest absolute Gasteiger partial charge is 0.355 e. The number of carbonyl (C=O) groups excluding carboxylic acids is 1. The SMILES string of the molecule is Cc1ccc(-c2n[nH]c(=S)n2CC(=O)NCCCCN2CCC(C)CC2)cc1. The van der Waals surface area contributed by atoms with Crippen LogP contribution in [0.15, 0.2) is 24.3 Å². The normalized spacial score (nSPS) is 15.6. The highest BCUT2D eigenvalue weighted by Crippen LogP contribution is 2.18. The van der Waals surface area contributed by atoms with Gasteiger partial charge in [0.05, 0.1) is 0 Å². The fraction of sp³-hybridized carbons (Fsp3) is 0.571. The first-order chi connectivity index (χ1) is 13.5. The minimum Gasteiger partial charge on any atom is -0.355 e. The molecule has 0 aliphatic carbocycles. The van der Waals surface area contributed by atoms with Gasteiger partial charge in [0, 0.05) is 12.1 Å². The Morgan fingerprint density at radius 1 is 1.25 bits per heavy atom. The first-order valence-electron chi connectivity index (χ1n) is 10.2. The third-order valence-electron chi connectivity index (χ3n) is 5.47. The highest BCUT2D eigenvalue weighted by molar-refractivity contribution is 7.71. The van der Waals surface area contributed by atoms with Crippen molar-refractivity contribution in [1.29, 1.82) is 0 Å². The first-order valence-corrected chi connectivity index (χ1v) is 10.6. The minimum absolute atomic E-state index is 0.0299. The van der Waals surface area contributed by atoms with E-state index >= 15 is 0 Å². The van der Waals surface area contributed by atoms with Crippen molar-refractivity contribution in [2.45, 2.75) is 46.1 Å². The van der Waals surface area contributed by atoms with E-state index in [1.165, 1.54) is 31.5 Å². The van der Waals surface area contributed by atoms with E-state index in [9.17, 15) is 4.79 Å². The van der Waals surface area contributed by atoms with E-state index in [2.05, 4.69) is 27.3 Å². The van der Waals surface area contributed by atoms with Crippen molar-refractivity contribution in [2.24, 2.45) is 5.92 Å². The molecule has 2 heterocycles. The number of hydrogen-bond donors (Lipinski definition) is 2. The number of unbranched alkanes of at least 4 members (excludes halogenated alkanes) is 1. The molecule has 0 atom stereocenters. The van der Waals surface area contributed by atoms with Gasteiger partial charge in [0.2, 0.25) is 5.91 Å². The van der Waals surface area contributed by atoms with Gasteiger partial charge in [-0.1, -0.05) is 36.8 Å². The molecule has 2 aromatic rings. The summed E-state index contributed by atoms with van der Waals surface area (Å²) in [5, 5.41) is 10.1. The summed E-state index contributed by atoms with van der Waals surface area (Å²) >= 11 is 5.31. The lowest BCUT2D eigenvalue weighted by molar-refractivity contribution is -0.121. The average Bonchev–Trinajstić information content (AvgIpc) is 3.04. The topological polar surface area (TPSA) is 66.0 Å². The van der Waals surface area contributed by atoms with E-state index in [1.54, 1.807) is 4.57 Å². The third-order valence-corrected chi connectivity index (χ3v) is 5.78. The van der Waals surface area contributed by atoms with Crippen molar-refractivity contribution in [1.82, 2.24) is 25.0 Å². The van der Waals surface area contributed by atoms with Crippen LogP contribution in [0, 0.1) is 17.6 Å². The molecule has 1 aromatic heterocycles. The maximum absolute atomic E-state index is 12.4. The molecule has 152 valence electrons. The first kappa shape index (κ1) is 20.7. The van der Waals surface area contributed by atoms with Gasteiger partial charge >= 0.3 is 0 Å². The van der Waals surface area contributed by atoms with Crippen molar-refractivity contribution < 1.29 is 4.79 Å². The lowest BCUT2D eigenvalue weighted by Crippen LogP contribution is -2.34. The van der Waals surface area contributed by atoms with E-state index < -0.39 is 0 Å². The molecule has 0 saturated carbocycles. The Bertz CT molecular complexity index is 818. The summed E-state index contributed by atoms with van der Waals surface area (Å²) in [4.78, 5) is 14.9. The smallest absolute Gasteiger partial charge is 0.240 e. The standard InChI is InChI=1S/C21H31N5OS/c1-16-5-7-18(8-6-16)20-23-24-21(28)26(20)15-19(27)22-11-3-4-12-25-13-9-17(2)10-14-25/h5-8,17H,3-4,9-15H2,1-2H3,(H,22,27)(H,24,28). The van der Waals surface area contributed by atoms with Crippen LogP contribution in [0.5, 0.6) is 0 Å². The Labute approximate surface area is 172 Å². The molecule has 1 aliphatic rings.